The first kappa shape index (κ1) is 23.5. The van der Waals surface area contributed by atoms with Crippen LogP contribution in [0.1, 0.15) is 49.3 Å². The second-order valence-corrected chi connectivity index (χ2v) is 9.50. The molecule has 0 spiro atoms. The van der Waals surface area contributed by atoms with Crippen LogP contribution in [0.2, 0.25) is 0 Å². The quantitative estimate of drug-likeness (QED) is 0.669. The van der Waals surface area contributed by atoms with Gasteiger partial charge in [0.05, 0.1) is 0 Å². The minimum Gasteiger partial charge on any atom is -0.378 e. The summed E-state index contributed by atoms with van der Waals surface area (Å²) in [7, 11) is 4.12. The molecule has 1 saturated carbocycles. The SMILES string of the molecule is CN(C)c1ccc(/C=C/CN2CCc3nnc(CCNC(=O)C4CCCCC4)n3CC2)cc1. The third kappa shape index (κ3) is 6.44. The molecule has 2 aromatic rings. The second kappa shape index (κ2) is 11.5. The Labute approximate surface area is 197 Å². The number of anilines is 1. The van der Waals surface area contributed by atoms with Crippen molar-refractivity contribution in [1.82, 2.24) is 25.0 Å². The number of nitrogens with one attached hydrogen (secondary N) is 1. The van der Waals surface area contributed by atoms with Crippen LogP contribution in [0.15, 0.2) is 30.3 Å². The van der Waals surface area contributed by atoms with Crippen molar-refractivity contribution in [3.05, 3.63) is 47.6 Å². The van der Waals surface area contributed by atoms with Gasteiger partial charge in [0.25, 0.3) is 0 Å². The fraction of sp³-hybridized carbons (Fsp3) is 0.577. The van der Waals surface area contributed by atoms with Gasteiger partial charge in [-0.1, -0.05) is 43.5 Å². The molecule has 0 atom stereocenters. The van der Waals surface area contributed by atoms with Gasteiger partial charge in [0.15, 0.2) is 0 Å². The Morgan fingerprint density at radius 2 is 1.88 bits per heavy atom. The maximum absolute atomic E-state index is 12.4. The van der Waals surface area contributed by atoms with Gasteiger partial charge in [-0.2, -0.15) is 0 Å². The van der Waals surface area contributed by atoms with Gasteiger partial charge in [-0.3, -0.25) is 9.69 Å². The summed E-state index contributed by atoms with van der Waals surface area (Å²) in [6.07, 6.45) is 11.8. The van der Waals surface area contributed by atoms with Crippen molar-refractivity contribution in [2.45, 2.75) is 51.5 Å². The Morgan fingerprint density at radius 1 is 1.09 bits per heavy atom. The number of nitrogens with zero attached hydrogens (tertiary/aromatic N) is 5. The zero-order valence-electron chi connectivity index (χ0n) is 20.2. The van der Waals surface area contributed by atoms with Gasteiger partial charge < -0.3 is 14.8 Å². The zero-order valence-corrected chi connectivity index (χ0v) is 20.2. The molecule has 33 heavy (non-hydrogen) atoms. The number of hydrogen-bond donors (Lipinski definition) is 1. The third-order valence-corrected chi connectivity index (χ3v) is 6.90. The van der Waals surface area contributed by atoms with Crippen LogP contribution in [-0.4, -0.2) is 65.8 Å². The summed E-state index contributed by atoms with van der Waals surface area (Å²) < 4.78 is 2.26. The molecule has 7 nitrogen and oxygen atoms in total. The van der Waals surface area contributed by atoms with Gasteiger partial charge >= 0.3 is 0 Å². The summed E-state index contributed by atoms with van der Waals surface area (Å²) in [6, 6.07) is 8.62. The minimum atomic E-state index is 0.210. The Morgan fingerprint density at radius 3 is 2.64 bits per heavy atom. The molecule has 0 bridgehead atoms. The van der Waals surface area contributed by atoms with E-state index >= 15 is 0 Å². The lowest BCUT2D eigenvalue weighted by atomic mass is 9.89. The lowest BCUT2D eigenvalue weighted by Gasteiger charge is -2.20. The summed E-state index contributed by atoms with van der Waals surface area (Å²) in [5.41, 5.74) is 2.44. The smallest absolute Gasteiger partial charge is 0.223 e. The van der Waals surface area contributed by atoms with Gasteiger partial charge in [0.1, 0.15) is 11.6 Å². The van der Waals surface area contributed by atoms with Crippen LogP contribution in [0.5, 0.6) is 0 Å². The van der Waals surface area contributed by atoms with Crippen molar-refractivity contribution in [3.63, 3.8) is 0 Å². The topological polar surface area (TPSA) is 66.3 Å². The van der Waals surface area contributed by atoms with Crippen LogP contribution in [-0.2, 0) is 24.2 Å². The first-order valence-corrected chi connectivity index (χ1v) is 12.4. The van der Waals surface area contributed by atoms with Gasteiger partial charge in [-0.05, 0) is 30.5 Å². The molecule has 1 fully saturated rings. The van der Waals surface area contributed by atoms with E-state index in [9.17, 15) is 4.79 Å². The first-order valence-electron chi connectivity index (χ1n) is 12.4. The molecule has 0 saturated heterocycles. The Bertz CT molecular complexity index is 927. The van der Waals surface area contributed by atoms with Crippen LogP contribution in [0.3, 0.4) is 0 Å². The molecule has 4 rings (SSSR count). The molecule has 1 aromatic heterocycles. The summed E-state index contributed by atoms with van der Waals surface area (Å²) in [4.78, 5) is 17.0. The average Bonchev–Trinajstić information content (AvgIpc) is 3.11. The van der Waals surface area contributed by atoms with Crippen LogP contribution in [0.4, 0.5) is 5.69 Å². The van der Waals surface area contributed by atoms with Crippen molar-refractivity contribution < 1.29 is 4.79 Å². The highest BCUT2D eigenvalue weighted by atomic mass is 16.1. The van der Waals surface area contributed by atoms with Crippen molar-refractivity contribution in [1.29, 1.82) is 0 Å². The number of carbonyl (C=O) groups is 1. The monoisotopic (exact) mass is 450 g/mol. The molecule has 7 heteroatoms. The van der Waals surface area contributed by atoms with Crippen molar-refractivity contribution in [2.24, 2.45) is 5.92 Å². The Hall–Kier alpha value is -2.67. The predicted molar refractivity (Wildman–Crippen MR) is 133 cm³/mol. The number of carbonyl (C=O) groups excluding carboxylic acids is 1. The summed E-state index contributed by atoms with van der Waals surface area (Å²) >= 11 is 0. The molecule has 1 aliphatic heterocycles. The summed E-state index contributed by atoms with van der Waals surface area (Å²) in [5, 5.41) is 12.0. The molecule has 1 aliphatic carbocycles. The number of aromatic nitrogens is 3. The summed E-state index contributed by atoms with van der Waals surface area (Å²) in [5.74, 6) is 2.49. The standard InChI is InChI=1S/C26H38N6O/c1-30(2)23-12-10-21(11-13-23)7-6-17-31-18-15-25-29-28-24(32(25)20-19-31)14-16-27-26(33)22-8-4-3-5-9-22/h6-7,10-13,22H,3-5,8-9,14-20H2,1-2H3,(H,27,33)/b7-6+. The van der Waals surface area contributed by atoms with E-state index in [2.05, 4.69) is 80.4 Å². The normalized spacial score (nSPS) is 17.6. The van der Waals surface area contributed by atoms with E-state index in [-0.39, 0.29) is 11.8 Å². The largest absolute Gasteiger partial charge is 0.378 e. The van der Waals surface area contributed by atoms with Gasteiger partial charge in [0.2, 0.25) is 5.91 Å². The number of benzene rings is 1. The molecular formula is C26H38N6O. The molecular weight excluding hydrogens is 412 g/mol. The fourth-order valence-corrected chi connectivity index (χ4v) is 4.82. The van der Waals surface area contributed by atoms with E-state index in [1.54, 1.807) is 0 Å². The molecule has 0 radical (unpaired) electrons. The Balaban J connectivity index is 1.23. The van der Waals surface area contributed by atoms with E-state index in [1.165, 1.54) is 30.5 Å². The third-order valence-electron chi connectivity index (χ3n) is 6.90. The maximum atomic E-state index is 12.4. The highest BCUT2D eigenvalue weighted by molar-refractivity contribution is 5.78. The second-order valence-electron chi connectivity index (χ2n) is 9.50. The molecule has 2 heterocycles. The first-order chi connectivity index (χ1) is 16.1. The minimum absolute atomic E-state index is 0.210. The molecule has 0 unspecified atom stereocenters. The van der Waals surface area contributed by atoms with E-state index in [4.69, 9.17) is 0 Å². The van der Waals surface area contributed by atoms with Gasteiger partial charge in [-0.25, -0.2) is 0 Å². The lowest BCUT2D eigenvalue weighted by Crippen LogP contribution is -2.33. The van der Waals surface area contributed by atoms with Gasteiger partial charge in [-0.15, -0.1) is 10.2 Å². The van der Waals surface area contributed by atoms with E-state index in [0.29, 0.717) is 6.54 Å². The van der Waals surface area contributed by atoms with Crippen LogP contribution in [0, 0.1) is 5.92 Å². The summed E-state index contributed by atoms with van der Waals surface area (Å²) in [6.45, 7) is 4.45. The highest BCUT2D eigenvalue weighted by Gasteiger charge is 2.21. The fourth-order valence-electron chi connectivity index (χ4n) is 4.82. The van der Waals surface area contributed by atoms with E-state index < -0.39 is 0 Å². The van der Waals surface area contributed by atoms with Gasteiger partial charge in [0, 0.05) is 71.3 Å². The number of fused-ring (bicyclic) bond motifs is 1. The molecule has 1 N–H and O–H groups in total. The number of rotatable bonds is 8. The molecule has 1 aromatic carbocycles. The van der Waals surface area contributed by atoms with Crippen LogP contribution in [0.25, 0.3) is 6.08 Å². The maximum Gasteiger partial charge on any atom is 0.223 e. The van der Waals surface area contributed by atoms with E-state index in [0.717, 1.165) is 63.5 Å². The van der Waals surface area contributed by atoms with Crippen molar-refractivity contribution in [3.8, 4) is 0 Å². The van der Waals surface area contributed by atoms with Crippen LogP contribution < -0.4 is 10.2 Å². The molecule has 2 aliphatic rings. The van der Waals surface area contributed by atoms with Crippen molar-refractivity contribution in [2.75, 3.05) is 45.2 Å². The van der Waals surface area contributed by atoms with Crippen molar-refractivity contribution >= 4 is 17.7 Å². The average molecular weight is 451 g/mol. The molecule has 178 valence electrons. The number of amides is 1. The predicted octanol–water partition coefficient (Wildman–Crippen LogP) is 3.15. The zero-order chi connectivity index (χ0) is 23.0. The number of hydrogen-bond acceptors (Lipinski definition) is 5. The highest BCUT2D eigenvalue weighted by Crippen LogP contribution is 2.23. The molecule has 1 amide bonds. The lowest BCUT2D eigenvalue weighted by molar-refractivity contribution is -0.125. The van der Waals surface area contributed by atoms with E-state index in [1.807, 2.05) is 0 Å². The van der Waals surface area contributed by atoms with Crippen LogP contribution >= 0.6 is 0 Å². The Kier molecular flexibility index (Phi) is 8.15.